The van der Waals surface area contributed by atoms with E-state index in [9.17, 15) is 4.39 Å². The van der Waals surface area contributed by atoms with Crippen LogP contribution in [0.5, 0.6) is 0 Å². The van der Waals surface area contributed by atoms with Crippen LogP contribution in [0.4, 0.5) is 4.39 Å². The Bertz CT molecular complexity index is 315. The van der Waals surface area contributed by atoms with Gasteiger partial charge in [-0.15, -0.1) is 0 Å². The minimum atomic E-state index is -0.241. The molecular weight excluding hydrogens is 205 g/mol. The van der Waals surface area contributed by atoms with Gasteiger partial charge in [-0.3, -0.25) is 0 Å². The van der Waals surface area contributed by atoms with Crippen LogP contribution in [0, 0.1) is 5.82 Å². The molecule has 0 unspecified atom stereocenters. The van der Waals surface area contributed by atoms with Crippen molar-refractivity contribution < 1.29 is 9.13 Å². The van der Waals surface area contributed by atoms with E-state index in [1.165, 1.54) is 25.0 Å². The highest BCUT2D eigenvalue weighted by molar-refractivity contribution is 5.27. The summed E-state index contributed by atoms with van der Waals surface area (Å²) in [4.78, 5) is 0. The van der Waals surface area contributed by atoms with Gasteiger partial charge in [0.1, 0.15) is 5.82 Å². The van der Waals surface area contributed by atoms with Crippen molar-refractivity contribution in [3.8, 4) is 0 Å². The molecule has 0 bridgehead atoms. The largest absolute Gasteiger partial charge is 0.377 e. The topological polar surface area (TPSA) is 35.2 Å². The molecule has 0 aromatic heterocycles. The van der Waals surface area contributed by atoms with E-state index in [1.807, 2.05) is 0 Å². The number of ether oxygens (including phenoxy) is 1. The molecule has 1 aromatic carbocycles. The fraction of sp³-hybridized carbons (Fsp3) is 0.538. The van der Waals surface area contributed by atoms with E-state index in [0.29, 0.717) is 13.2 Å². The zero-order valence-corrected chi connectivity index (χ0v) is 9.84. The van der Waals surface area contributed by atoms with Gasteiger partial charge in [-0.05, 0) is 29.7 Å². The van der Waals surface area contributed by atoms with Gasteiger partial charge >= 0.3 is 0 Å². The van der Waals surface area contributed by atoms with E-state index in [-0.39, 0.29) is 5.82 Å². The molecule has 3 heteroatoms. The van der Waals surface area contributed by atoms with Gasteiger partial charge in [0.05, 0.1) is 6.61 Å². The van der Waals surface area contributed by atoms with Crippen molar-refractivity contribution in [3.05, 3.63) is 35.1 Å². The maximum atomic E-state index is 12.9. The fourth-order valence-corrected chi connectivity index (χ4v) is 1.56. The summed E-state index contributed by atoms with van der Waals surface area (Å²) in [6.45, 7) is 3.80. The summed E-state index contributed by atoms with van der Waals surface area (Å²) in [5.74, 6) is -0.241. The molecule has 0 spiro atoms. The number of hydrogen-bond donors (Lipinski definition) is 1. The third-order valence-electron chi connectivity index (χ3n) is 2.54. The summed E-state index contributed by atoms with van der Waals surface area (Å²) in [5.41, 5.74) is 7.36. The summed E-state index contributed by atoms with van der Waals surface area (Å²) >= 11 is 0. The van der Waals surface area contributed by atoms with E-state index >= 15 is 0 Å². The molecule has 0 radical (unpaired) electrons. The molecule has 0 atom stereocenters. The monoisotopic (exact) mass is 225 g/mol. The third kappa shape index (κ3) is 4.29. The molecule has 0 saturated carbocycles. The van der Waals surface area contributed by atoms with Crippen LogP contribution < -0.4 is 5.73 Å². The van der Waals surface area contributed by atoms with Crippen LogP contribution in [0.3, 0.4) is 0 Å². The van der Waals surface area contributed by atoms with E-state index in [2.05, 4.69) is 6.92 Å². The Morgan fingerprint density at radius 2 is 2.06 bits per heavy atom. The molecule has 1 aromatic rings. The Morgan fingerprint density at radius 1 is 1.25 bits per heavy atom. The average Bonchev–Trinajstić information content (AvgIpc) is 2.30. The highest BCUT2D eigenvalue weighted by Crippen LogP contribution is 2.12. The van der Waals surface area contributed by atoms with Crippen molar-refractivity contribution in [2.75, 3.05) is 6.61 Å². The van der Waals surface area contributed by atoms with Crippen LogP contribution in [0.1, 0.15) is 37.3 Å². The van der Waals surface area contributed by atoms with Crippen molar-refractivity contribution in [2.45, 2.75) is 39.3 Å². The molecular formula is C13H20FNO. The Balaban J connectivity index is 2.41. The van der Waals surface area contributed by atoms with Gasteiger partial charge in [0, 0.05) is 13.2 Å². The van der Waals surface area contributed by atoms with Crippen molar-refractivity contribution in [1.82, 2.24) is 0 Å². The first-order chi connectivity index (χ1) is 7.77. The van der Waals surface area contributed by atoms with E-state index in [0.717, 1.165) is 24.2 Å². The lowest BCUT2D eigenvalue weighted by molar-refractivity contribution is 0.116. The number of hydrogen-bond acceptors (Lipinski definition) is 2. The van der Waals surface area contributed by atoms with Crippen molar-refractivity contribution >= 4 is 0 Å². The zero-order chi connectivity index (χ0) is 11.8. The van der Waals surface area contributed by atoms with Crippen LogP contribution in [-0.2, 0) is 17.9 Å². The number of rotatable bonds is 7. The first kappa shape index (κ1) is 13.1. The highest BCUT2D eigenvalue weighted by Gasteiger charge is 2.02. The number of nitrogens with two attached hydrogens (primary N) is 1. The van der Waals surface area contributed by atoms with Gasteiger partial charge in [0.15, 0.2) is 0 Å². The smallest absolute Gasteiger partial charge is 0.123 e. The minimum absolute atomic E-state index is 0.241. The van der Waals surface area contributed by atoms with Gasteiger partial charge in [0.2, 0.25) is 0 Å². The van der Waals surface area contributed by atoms with Gasteiger partial charge < -0.3 is 10.5 Å². The SMILES string of the molecule is CCCCCOCc1ccc(F)cc1CN. The van der Waals surface area contributed by atoms with Crippen LogP contribution in [-0.4, -0.2) is 6.61 Å². The second-order valence-corrected chi connectivity index (χ2v) is 3.88. The van der Waals surface area contributed by atoms with Crippen LogP contribution in [0.25, 0.3) is 0 Å². The summed E-state index contributed by atoms with van der Waals surface area (Å²) in [6.07, 6.45) is 3.46. The zero-order valence-electron chi connectivity index (χ0n) is 9.84. The molecule has 90 valence electrons. The molecule has 16 heavy (non-hydrogen) atoms. The second-order valence-electron chi connectivity index (χ2n) is 3.88. The summed E-state index contributed by atoms with van der Waals surface area (Å²) in [5, 5.41) is 0. The molecule has 0 amide bonds. The normalized spacial score (nSPS) is 10.7. The Morgan fingerprint density at radius 3 is 2.75 bits per heavy atom. The molecule has 2 N–H and O–H groups in total. The van der Waals surface area contributed by atoms with Gasteiger partial charge in [-0.25, -0.2) is 4.39 Å². The predicted octanol–water partition coefficient (Wildman–Crippen LogP) is 2.99. The maximum absolute atomic E-state index is 12.9. The number of benzene rings is 1. The lowest BCUT2D eigenvalue weighted by Crippen LogP contribution is -2.04. The lowest BCUT2D eigenvalue weighted by Gasteiger charge is -2.08. The molecule has 0 saturated heterocycles. The molecule has 2 nitrogen and oxygen atoms in total. The Labute approximate surface area is 96.6 Å². The van der Waals surface area contributed by atoms with Crippen molar-refractivity contribution in [2.24, 2.45) is 5.73 Å². The van der Waals surface area contributed by atoms with Crippen LogP contribution in [0.2, 0.25) is 0 Å². The van der Waals surface area contributed by atoms with Gasteiger partial charge in [-0.1, -0.05) is 25.8 Å². The minimum Gasteiger partial charge on any atom is -0.377 e. The number of halogens is 1. The first-order valence-electron chi connectivity index (χ1n) is 5.83. The van der Waals surface area contributed by atoms with Crippen molar-refractivity contribution in [3.63, 3.8) is 0 Å². The van der Waals surface area contributed by atoms with E-state index < -0.39 is 0 Å². The molecule has 1 rings (SSSR count). The molecule has 0 fully saturated rings. The summed E-state index contributed by atoms with van der Waals surface area (Å²) in [6, 6.07) is 4.67. The number of unbranched alkanes of at least 4 members (excludes halogenated alkanes) is 2. The van der Waals surface area contributed by atoms with E-state index in [1.54, 1.807) is 6.07 Å². The second kappa shape index (κ2) is 7.36. The first-order valence-corrected chi connectivity index (χ1v) is 5.83. The van der Waals surface area contributed by atoms with Gasteiger partial charge in [0.25, 0.3) is 0 Å². The maximum Gasteiger partial charge on any atom is 0.123 e. The average molecular weight is 225 g/mol. The lowest BCUT2D eigenvalue weighted by atomic mass is 10.1. The van der Waals surface area contributed by atoms with E-state index in [4.69, 9.17) is 10.5 Å². The Hall–Kier alpha value is -0.930. The van der Waals surface area contributed by atoms with Crippen molar-refractivity contribution in [1.29, 1.82) is 0 Å². The van der Waals surface area contributed by atoms with Crippen LogP contribution in [0.15, 0.2) is 18.2 Å². The summed E-state index contributed by atoms with van der Waals surface area (Å²) < 4.78 is 18.5. The fourth-order valence-electron chi connectivity index (χ4n) is 1.56. The predicted molar refractivity (Wildman–Crippen MR) is 63.5 cm³/mol. The van der Waals surface area contributed by atoms with Crippen LogP contribution >= 0.6 is 0 Å². The highest BCUT2D eigenvalue weighted by atomic mass is 19.1. The van der Waals surface area contributed by atoms with Gasteiger partial charge in [-0.2, -0.15) is 0 Å². The quantitative estimate of drug-likeness (QED) is 0.724. The molecule has 0 aliphatic heterocycles. The standard InChI is InChI=1S/C13H20FNO/c1-2-3-4-7-16-10-11-5-6-13(14)8-12(11)9-15/h5-6,8H,2-4,7,9-10,15H2,1H3. The molecule has 0 aliphatic rings. The Kier molecular flexibility index (Phi) is 6.04. The molecule has 0 aliphatic carbocycles. The third-order valence-corrected chi connectivity index (χ3v) is 2.54. The molecule has 0 heterocycles. The summed E-state index contributed by atoms with van der Waals surface area (Å²) in [7, 11) is 0.